The van der Waals surface area contributed by atoms with E-state index in [9.17, 15) is 4.79 Å². The van der Waals surface area contributed by atoms with Crippen LogP contribution >= 0.6 is 0 Å². The Morgan fingerprint density at radius 2 is 1.46 bits per heavy atom. The molecule has 0 aliphatic rings. The van der Waals surface area contributed by atoms with Crippen molar-refractivity contribution in [1.82, 2.24) is 0 Å². The minimum Gasteiger partial charge on any atom is -0.397 e. The van der Waals surface area contributed by atoms with Crippen molar-refractivity contribution in [3.8, 4) is 0 Å². The van der Waals surface area contributed by atoms with Gasteiger partial charge < -0.3 is 9.90 Å². The van der Waals surface area contributed by atoms with E-state index < -0.39 is 0 Å². The van der Waals surface area contributed by atoms with E-state index in [0.29, 0.717) is 0 Å². The molecular formula is C11H24O2. The molecule has 0 heterocycles. The third-order valence-corrected chi connectivity index (χ3v) is 1.68. The van der Waals surface area contributed by atoms with Gasteiger partial charge in [0.2, 0.25) is 0 Å². The first-order chi connectivity index (χ1) is 6.33. The standard InChI is InChI=1S/C9H18O.C2H6O/c1-2-3-4-5-6-7-8-9-10;1-2-3/h9H,2-8H2,1H3;3H,2H2,1H3. The van der Waals surface area contributed by atoms with Crippen LogP contribution in [0.2, 0.25) is 0 Å². The lowest BCUT2D eigenvalue weighted by molar-refractivity contribution is -0.107. The zero-order chi connectivity index (χ0) is 10.4. The monoisotopic (exact) mass is 188 g/mol. The number of hydrogen-bond donors (Lipinski definition) is 1. The van der Waals surface area contributed by atoms with E-state index >= 15 is 0 Å². The summed E-state index contributed by atoms with van der Waals surface area (Å²) in [5.74, 6) is 0. The average Bonchev–Trinajstić information content (AvgIpc) is 2.13. The van der Waals surface area contributed by atoms with Gasteiger partial charge in [0.15, 0.2) is 0 Å². The molecule has 0 aromatic rings. The summed E-state index contributed by atoms with van der Waals surface area (Å²) in [5.41, 5.74) is 0. The summed E-state index contributed by atoms with van der Waals surface area (Å²) in [6.07, 6.45) is 9.39. The molecule has 80 valence electrons. The molecule has 0 saturated heterocycles. The van der Waals surface area contributed by atoms with Crippen LogP contribution in [0, 0.1) is 0 Å². The fourth-order valence-corrected chi connectivity index (χ4v) is 1.01. The number of hydrogen-bond acceptors (Lipinski definition) is 2. The lowest BCUT2D eigenvalue weighted by atomic mass is 10.1. The van der Waals surface area contributed by atoms with Crippen LogP contribution < -0.4 is 0 Å². The number of aliphatic hydroxyl groups is 1. The molecule has 0 amide bonds. The number of rotatable bonds is 7. The van der Waals surface area contributed by atoms with Crippen LogP contribution in [0.5, 0.6) is 0 Å². The van der Waals surface area contributed by atoms with E-state index in [2.05, 4.69) is 6.92 Å². The maximum atomic E-state index is 9.89. The third kappa shape index (κ3) is 24.5. The molecule has 1 N–H and O–H groups in total. The Kier molecular flexibility index (Phi) is 20.5. The molecule has 0 saturated carbocycles. The lowest BCUT2D eigenvalue weighted by Crippen LogP contribution is -1.79. The van der Waals surface area contributed by atoms with Gasteiger partial charge in [-0.05, 0) is 13.3 Å². The fourth-order valence-electron chi connectivity index (χ4n) is 1.01. The maximum Gasteiger partial charge on any atom is 0.119 e. The highest BCUT2D eigenvalue weighted by atomic mass is 16.2. The Balaban J connectivity index is 0. The summed E-state index contributed by atoms with van der Waals surface area (Å²) < 4.78 is 0. The van der Waals surface area contributed by atoms with Gasteiger partial charge in [-0.3, -0.25) is 0 Å². The van der Waals surface area contributed by atoms with E-state index in [0.717, 1.165) is 19.1 Å². The van der Waals surface area contributed by atoms with Gasteiger partial charge >= 0.3 is 0 Å². The highest BCUT2D eigenvalue weighted by Gasteiger charge is 1.87. The quantitative estimate of drug-likeness (QED) is 0.492. The highest BCUT2D eigenvalue weighted by Crippen LogP contribution is 2.05. The van der Waals surface area contributed by atoms with Crippen molar-refractivity contribution in [3.05, 3.63) is 0 Å². The highest BCUT2D eigenvalue weighted by molar-refractivity contribution is 5.48. The molecule has 0 aromatic carbocycles. The van der Waals surface area contributed by atoms with E-state index in [1.807, 2.05) is 0 Å². The second-order valence-corrected chi connectivity index (χ2v) is 3.04. The van der Waals surface area contributed by atoms with Crippen LogP contribution in [0.3, 0.4) is 0 Å². The first-order valence-electron chi connectivity index (χ1n) is 5.37. The van der Waals surface area contributed by atoms with Gasteiger partial charge in [0.1, 0.15) is 6.29 Å². The second kappa shape index (κ2) is 17.6. The summed E-state index contributed by atoms with van der Waals surface area (Å²) in [5, 5.41) is 7.57. The summed E-state index contributed by atoms with van der Waals surface area (Å²) in [7, 11) is 0. The van der Waals surface area contributed by atoms with Crippen LogP contribution in [-0.4, -0.2) is 18.0 Å². The lowest BCUT2D eigenvalue weighted by Gasteiger charge is -1.95. The minimum absolute atomic E-state index is 0.250. The molecule has 0 aromatic heterocycles. The van der Waals surface area contributed by atoms with Crippen molar-refractivity contribution < 1.29 is 9.90 Å². The first kappa shape index (κ1) is 15.1. The van der Waals surface area contributed by atoms with Gasteiger partial charge in [0, 0.05) is 13.0 Å². The summed E-state index contributed by atoms with van der Waals surface area (Å²) >= 11 is 0. The number of unbranched alkanes of at least 4 members (excludes halogenated alkanes) is 6. The summed E-state index contributed by atoms with van der Waals surface area (Å²) in [4.78, 5) is 9.89. The molecule has 0 radical (unpaired) electrons. The molecule has 0 bridgehead atoms. The molecule has 2 heteroatoms. The predicted octanol–water partition coefficient (Wildman–Crippen LogP) is 2.93. The Labute approximate surface area is 82.4 Å². The normalized spacial score (nSPS) is 8.85. The van der Waals surface area contributed by atoms with Crippen LogP contribution in [0.15, 0.2) is 0 Å². The number of carbonyl (C=O) groups excluding carboxylic acids is 1. The van der Waals surface area contributed by atoms with Crippen LogP contribution in [0.25, 0.3) is 0 Å². The van der Waals surface area contributed by atoms with Gasteiger partial charge in [-0.2, -0.15) is 0 Å². The van der Waals surface area contributed by atoms with Gasteiger partial charge in [-0.1, -0.05) is 39.0 Å². The fraction of sp³-hybridized carbons (Fsp3) is 0.909. The van der Waals surface area contributed by atoms with Gasteiger partial charge in [-0.15, -0.1) is 0 Å². The second-order valence-electron chi connectivity index (χ2n) is 3.04. The SMILES string of the molecule is CCCCCCCCC=O.CCO. The van der Waals surface area contributed by atoms with Gasteiger partial charge in [0.25, 0.3) is 0 Å². The number of carbonyl (C=O) groups is 1. The molecule has 0 spiro atoms. The predicted molar refractivity (Wildman–Crippen MR) is 56.8 cm³/mol. The Bertz CT molecular complexity index is 82.2. The van der Waals surface area contributed by atoms with Crippen molar-refractivity contribution in [3.63, 3.8) is 0 Å². The van der Waals surface area contributed by atoms with Gasteiger partial charge in [-0.25, -0.2) is 0 Å². The molecular weight excluding hydrogens is 164 g/mol. The first-order valence-corrected chi connectivity index (χ1v) is 5.37. The summed E-state index contributed by atoms with van der Waals surface area (Å²) in [6, 6.07) is 0. The van der Waals surface area contributed by atoms with E-state index in [1.165, 1.54) is 32.1 Å². The van der Waals surface area contributed by atoms with Crippen molar-refractivity contribution in [1.29, 1.82) is 0 Å². The number of aliphatic hydroxyl groups excluding tert-OH is 1. The van der Waals surface area contributed by atoms with Gasteiger partial charge in [0.05, 0.1) is 0 Å². The largest absolute Gasteiger partial charge is 0.397 e. The topological polar surface area (TPSA) is 37.3 Å². The third-order valence-electron chi connectivity index (χ3n) is 1.68. The van der Waals surface area contributed by atoms with Crippen molar-refractivity contribution in [2.45, 2.75) is 58.8 Å². The molecule has 0 rings (SSSR count). The maximum absolute atomic E-state index is 9.89. The Morgan fingerprint density at radius 1 is 1.00 bits per heavy atom. The molecule has 0 aliphatic heterocycles. The number of aldehydes is 1. The molecule has 2 nitrogen and oxygen atoms in total. The van der Waals surface area contributed by atoms with Crippen molar-refractivity contribution >= 4 is 6.29 Å². The van der Waals surface area contributed by atoms with Crippen LogP contribution in [0.1, 0.15) is 58.8 Å². The smallest absolute Gasteiger partial charge is 0.119 e. The van der Waals surface area contributed by atoms with E-state index in [4.69, 9.17) is 5.11 Å². The Hall–Kier alpha value is -0.370. The molecule has 13 heavy (non-hydrogen) atoms. The average molecular weight is 188 g/mol. The summed E-state index contributed by atoms with van der Waals surface area (Å²) in [6.45, 7) is 4.14. The van der Waals surface area contributed by atoms with Crippen LogP contribution in [0.4, 0.5) is 0 Å². The molecule has 0 atom stereocenters. The van der Waals surface area contributed by atoms with Crippen molar-refractivity contribution in [2.75, 3.05) is 6.61 Å². The van der Waals surface area contributed by atoms with Crippen LogP contribution in [-0.2, 0) is 4.79 Å². The Morgan fingerprint density at radius 3 is 1.92 bits per heavy atom. The minimum atomic E-state index is 0.250. The zero-order valence-electron chi connectivity index (χ0n) is 9.09. The van der Waals surface area contributed by atoms with Crippen molar-refractivity contribution in [2.24, 2.45) is 0 Å². The molecule has 0 unspecified atom stereocenters. The van der Waals surface area contributed by atoms with E-state index in [1.54, 1.807) is 6.92 Å². The molecule has 0 aliphatic carbocycles. The molecule has 0 fully saturated rings. The van der Waals surface area contributed by atoms with E-state index in [-0.39, 0.29) is 6.61 Å². The zero-order valence-corrected chi connectivity index (χ0v) is 9.09.